The normalized spacial score (nSPS) is 14.3. The summed E-state index contributed by atoms with van der Waals surface area (Å²) < 4.78 is 6.97. The Kier molecular flexibility index (Phi) is 7.65. The average molecular weight is 480 g/mol. The molecule has 34 heavy (non-hydrogen) atoms. The van der Waals surface area contributed by atoms with Crippen LogP contribution in [0.15, 0.2) is 65.8 Å². The highest BCUT2D eigenvalue weighted by Crippen LogP contribution is 2.21. The van der Waals surface area contributed by atoms with Gasteiger partial charge in [-0.25, -0.2) is 4.98 Å². The number of unbranched alkanes of at least 4 members (excludes halogenated alkanes) is 1. The summed E-state index contributed by atoms with van der Waals surface area (Å²) in [6, 6.07) is 16.1. The van der Waals surface area contributed by atoms with Crippen LogP contribution in [-0.2, 0) is 6.54 Å². The molecule has 1 aliphatic heterocycles. The third-order valence-electron chi connectivity index (χ3n) is 6.50. The summed E-state index contributed by atoms with van der Waals surface area (Å²) in [4.78, 5) is 26.9. The highest BCUT2D eigenvalue weighted by atomic mass is 35.5. The van der Waals surface area contributed by atoms with E-state index in [2.05, 4.69) is 31.9 Å². The largest absolute Gasteiger partial charge is 0.497 e. The number of ether oxygens (including phenoxy) is 1. The molecule has 2 aromatic carbocycles. The van der Waals surface area contributed by atoms with Gasteiger partial charge in [0.15, 0.2) is 0 Å². The SMILES string of the molecule is COc1ccc(N2CCN(CCCCn3cnc4c(cnc5ccccc54)c3=O)CC2)cc1.Cl. The fourth-order valence-electron chi connectivity index (χ4n) is 4.56. The molecule has 0 aliphatic carbocycles. The van der Waals surface area contributed by atoms with E-state index < -0.39 is 0 Å². The lowest BCUT2D eigenvalue weighted by Gasteiger charge is -2.36. The molecule has 1 fully saturated rings. The summed E-state index contributed by atoms with van der Waals surface area (Å²) in [6.45, 7) is 5.91. The van der Waals surface area contributed by atoms with Crippen LogP contribution in [-0.4, -0.2) is 59.3 Å². The van der Waals surface area contributed by atoms with Gasteiger partial charge in [-0.2, -0.15) is 0 Å². The topological polar surface area (TPSA) is 63.5 Å². The molecule has 1 aliphatic rings. The van der Waals surface area contributed by atoms with Crippen molar-refractivity contribution in [3.8, 4) is 5.75 Å². The van der Waals surface area contributed by atoms with Crippen LogP contribution in [0.3, 0.4) is 0 Å². The van der Waals surface area contributed by atoms with Crippen molar-refractivity contribution in [1.29, 1.82) is 0 Å². The summed E-state index contributed by atoms with van der Waals surface area (Å²) >= 11 is 0. The van der Waals surface area contributed by atoms with Gasteiger partial charge >= 0.3 is 0 Å². The molecule has 0 unspecified atom stereocenters. The van der Waals surface area contributed by atoms with E-state index in [0.29, 0.717) is 11.9 Å². The maximum Gasteiger partial charge on any atom is 0.262 e. The van der Waals surface area contributed by atoms with Crippen molar-refractivity contribution in [2.45, 2.75) is 19.4 Å². The molecule has 5 rings (SSSR count). The zero-order valence-corrected chi connectivity index (χ0v) is 20.2. The van der Waals surface area contributed by atoms with E-state index in [1.54, 1.807) is 24.2 Å². The summed E-state index contributed by atoms with van der Waals surface area (Å²) in [5.41, 5.74) is 2.84. The average Bonchev–Trinajstić information content (AvgIpc) is 2.88. The highest BCUT2D eigenvalue weighted by Gasteiger charge is 2.17. The monoisotopic (exact) mass is 479 g/mol. The zero-order valence-electron chi connectivity index (χ0n) is 19.4. The minimum atomic E-state index is -0.00800. The van der Waals surface area contributed by atoms with Gasteiger partial charge in [0.05, 0.1) is 29.9 Å². The maximum atomic E-state index is 12.9. The van der Waals surface area contributed by atoms with Crippen LogP contribution in [0.2, 0.25) is 0 Å². The van der Waals surface area contributed by atoms with Crippen LogP contribution < -0.4 is 15.2 Å². The Labute approximate surface area is 205 Å². The van der Waals surface area contributed by atoms with Crippen molar-refractivity contribution in [3.05, 3.63) is 71.4 Å². The zero-order chi connectivity index (χ0) is 22.6. The van der Waals surface area contributed by atoms with Gasteiger partial charge in [-0.05, 0) is 49.7 Å². The van der Waals surface area contributed by atoms with Gasteiger partial charge in [0.2, 0.25) is 0 Å². The minimum absolute atomic E-state index is 0. The number of para-hydroxylation sites is 1. The number of anilines is 1. The first-order valence-electron chi connectivity index (χ1n) is 11.6. The molecule has 0 saturated carbocycles. The van der Waals surface area contributed by atoms with Crippen LogP contribution in [0.4, 0.5) is 5.69 Å². The number of piperazine rings is 1. The Morgan fingerprint density at radius 2 is 1.62 bits per heavy atom. The summed E-state index contributed by atoms with van der Waals surface area (Å²) in [5.74, 6) is 0.891. The number of benzene rings is 2. The van der Waals surface area contributed by atoms with Gasteiger partial charge in [0.25, 0.3) is 5.56 Å². The van der Waals surface area contributed by atoms with Crippen molar-refractivity contribution in [1.82, 2.24) is 19.4 Å². The van der Waals surface area contributed by atoms with E-state index in [9.17, 15) is 4.79 Å². The second-order valence-electron chi connectivity index (χ2n) is 8.51. The Morgan fingerprint density at radius 3 is 2.38 bits per heavy atom. The molecule has 0 radical (unpaired) electrons. The fourth-order valence-corrected chi connectivity index (χ4v) is 4.56. The Hall–Kier alpha value is -3.16. The molecule has 178 valence electrons. The molecule has 3 heterocycles. The molecular formula is C26H30ClN5O2. The number of hydrogen-bond acceptors (Lipinski definition) is 6. The number of nitrogens with zero attached hydrogens (tertiary/aromatic N) is 5. The van der Waals surface area contributed by atoms with E-state index in [1.165, 1.54) is 5.69 Å². The van der Waals surface area contributed by atoms with Crippen molar-refractivity contribution < 1.29 is 4.74 Å². The van der Waals surface area contributed by atoms with E-state index in [4.69, 9.17) is 4.74 Å². The molecule has 1 saturated heterocycles. The Balaban J connectivity index is 0.00000274. The van der Waals surface area contributed by atoms with E-state index in [0.717, 1.165) is 67.7 Å². The number of pyridine rings is 1. The van der Waals surface area contributed by atoms with Gasteiger partial charge in [0, 0.05) is 50.0 Å². The van der Waals surface area contributed by atoms with Crippen molar-refractivity contribution in [2.24, 2.45) is 0 Å². The lowest BCUT2D eigenvalue weighted by molar-refractivity contribution is 0.251. The van der Waals surface area contributed by atoms with Gasteiger partial charge < -0.3 is 9.64 Å². The summed E-state index contributed by atoms with van der Waals surface area (Å²) in [7, 11) is 1.69. The van der Waals surface area contributed by atoms with E-state index >= 15 is 0 Å². The van der Waals surface area contributed by atoms with Crippen LogP contribution in [0, 0.1) is 0 Å². The number of aromatic nitrogens is 3. The van der Waals surface area contributed by atoms with Gasteiger partial charge in [-0.15, -0.1) is 12.4 Å². The van der Waals surface area contributed by atoms with Crippen molar-refractivity contribution in [3.63, 3.8) is 0 Å². The number of hydrogen-bond donors (Lipinski definition) is 0. The molecule has 8 heteroatoms. The summed E-state index contributed by atoms with van der Waals surface area (Å²) in [6.07, 6.45) is 5.35. The van der Waals surface area contributed by atoms with Gasteiger partial charge in [-0.1, -0.05) is 18.2 Å². The predicted octanol–water partition coefficient (Wildman–Crippen LogP) is 3.98. The molecule has 0 atom stereocenters. The molecular weight excluding hydrogens is 450 g/mol. The van der Waals surface area contributed by atoms with Crippen molar-refractivity contribution in [2.75, 3.05) is 44.7 Å². The molecule has 0 bridgehead atoms. The van der Waals surface area contributed by atoms with Crippen LogP contribution >= 0.6 is 12.4 Å². The number of methoxy groups -OCH3 is 1. The first-order chi connectivity index (χ1) is 16.2. The second kappa shape index (κ2) is 10.8. The minimum Gasteiger partial charge on any atom is -0.497 e. The molecule has 4 aromatic rings. The second-order valence-corrected chi connectivity index (χ2v) is 8.51. The van der Waals surface area contributed by atoms with Crippen LogP contribution in [0.25, 0.3) is 21.8 Å². The Morgan fingerprint density at radius 1 is 0.882 bits per heavy atom. The molecule has 0 spiro atoms. The molecule has 0 amide bonds. The third-order valence-corrected chi connectivity index (χ3v) is 6.50. The first kappa shape index (κ1) is 24.0. The number of fused-ring (bicyclic) bond motifs is 3. The van der Waals surface area contributed by atoms with Crippen LogP contribution in [0.1, 0.15) is 12.8 Å². The number of rotatable bonds is 7. The lowest BCUT2D eigenvalue weighted by Crippen LogP contribution is -2.46. The van der Waals surface area contributed by atoms with Gasteiger partial charge in [0.1, 0.15) is 5.75 Å². The molecule has 0 N–H and O–H groups in total. The lowest BCUT2D eigenvalue weighted by atomic mass is 10.1. The van der Waals surface area contributed by atoms with Gasteiger partial charge in [-0.3, -0.25) is 19.2 Å². The first-order valence-corrected chi connectivity index (χ1v) is 11.6. The Bertz CT molecular complexity index is 1300. The molecule has 2 aromatic heterocycles. The van der Waals surface area contributed by atoms with Crippen molar-refractivity contribution >= 4 is 39.9 Å². The fraction of sp³-hybridized carbons (Fsp3) is 0.346. The molecule has 7 nitrogen and oxygen atoms in total. The number of aryl methyl sites for hydroxylation is 1. The van der Waals surface area contributed by atoms with E-state index in [-0.39, 0.29) is 18.0 Å². The smallest absolute Gasteiger partial charge is 0.262 e. The highest BCUT2D eigenvalue weighted by molar-refractivity contribution is 6.02. The van der Waals surface area contributed by atoms with Crippen LogP contribution in [0.5, 0.6) is 5.75 Å². The maximum absolute atomic E-state index is 12.9. The standard InChI is InChI=1S/C26H29N5O2.ClH/c1-33-21-10-8-20(9-11-21)30-16-14-29(15-17-30)12-4-5-13-31-19-28-25-22-6-2-3-7-24(22)27-18-23(25)26(31)32;/h2-3,6-11,18-19H,4-5,12-17H2,1H3;1H. The summed E-state index contributed by atoms with van der Waals surface area (Å²) in [5, 5.41) is 1.51. The number of halogens is 1. The third kappa shape index (κ3) is 5.00. The quantitative estimate of drug-likeness (QED) is 0.295. The predicted molar refractivity (Wildman–Crippen MR) is 139 cm³/mol. The van der Waals surface area contributed by atoms with E-state index in [1.807, 2.05) is 36.4 Å².